The van der Waals surface area contributed by atoms with E-state index in [0.29, 0.717) is 0 Å². The van der Waals surface area contributed by atoms with Gasteiger partial charge >= 0.3 is 12.4 Å². The van der Waals surface area contributed by atoms with Gasteiger partial charge in [-0.3, -0.25) is 9.59 Å². The van der Waals surface area contributed by atoms with E-state index in [9.17, 15) is 9.59 Å². The summed E-state index contributed by atoms with van der Waals surface area (Å²) in [7, 11) is 0. The Kier molecular flexibility index (Phi) is 5.33. The predicted molar refractivity (Wildman–Crippen MR) is 36.2 cm³/mol. The van der Waals surface area contributed by atoms with Crippen LogP contribution in [0, 0.1) is 0 Å². The molecule has 0 saturated heterocycles. The molecule has 0 aliphatic rings. The van der Waals surface area contributed by atoms with E-state index in [1.807, 2.05) is 13.0 Å². The predicted octanol–water partition coefficient (Wildman–Crippen LogP) is 1.04. The Morgan fingerprint density at radius 1 is 1.50 bits per heavy atom. The Bertz CT molecular complexity index is 138. The molecule has 56 valence electrons. The first-order valence-corrected chi connectivity index (χ1v) is 3.09. The molecule has 3 heteroatoms. The molecule has 0 heterocycles. The molecule has 0 rings (SSSR count). The molecule has 0 spiro atoms. The van der Waals surface area contributed by atoms with Gasteiger partial charge in [-0.2, -0.15) is 0 Å². The Morgan fingerprint density at radius 3 is 2.70 bits per heavy atom. The zero-order chi connectivity index (χ0) is 7.82. The van der Waals surface area contributed by atoms with Crippen molar-refractivity contribution >= 4 is 12.4 Å². The topological polar surface area (TPSA) is 43.4 Å². The van der Waals surface area contributed by atoms with Crippen LogP contribution in [0.2, 0.25) is 0 Å². The second-order valence-electron chi connectivity index (χ2n) is 1.67. The van der Waals surface area contributed by atoms with Gasteiger partial charge < -0.3 is 4.74 Å². The van der Waals surface area contributed by atoms with Crippen molar-refractivity contribution in [3.8, 4) is 0 Å². The van der Waals surface area contributed by atoms with Gasteiger partial charge in [0, 0.05) is 0 Å². The van der Waals surface area contributed by atoms with Crippen molar-refractivity contribution in [2.75, 3.05) is 0 Å². The minimum absolute atomic E-state index is 0.141. The summed E-state index contributed by atoms with van der Waals surface area (Å²) in [5, 5.41) is 0. The summed E-state index contributed by atoms with van der Waals surface area (Å²) in [6.07, 6.45) is 4.57. The first-order valence-electron chi connectivity index (χ1n) is 3.09. The van der Waals surface area contributed by atoms with E-state index >= 15 is 0 Å². The van der Waals surface area contributed by atoms with Gasteiger partial charge in [-0.1, -0.05) is 19.1 Å². The van der Waals surface area contributed by atoms with Crippen molar-refractivity contribution < 1.29 is 14.3 Å². The number of rotatable bonds is 4. The third-order valence-electron chi connectivity index (χ3n) is 0.866. The number of carbonyl (C=O) groups is 2. The van der Waals surface area contributed by atoms with E-state index in [-0.39, 0.29) is 12.9 Å². The molecule has 0 aromatic rings. The summed E-state index contributed by atoms with van der Waals surface area (Å²) in [5.74, 6) is -0.514. The maximum absolute atomic E-state index is 10.4. The highest BCUT2D eigenvalue weighted by atomic mass is 16.6. The Labute approximate surface area is 59.7 Å². The highest BCUT2D eigenvalue weighted by Crippen LogP contribution is 1.88. The first kappa shape index (κ1) is 8.88. The molecule has 0 N–H and O–H groups in total. The molecule has 0 amide bonds. The van der Waals surface area contributed by atoms with Crippen molar-refractivity contribution in [2.24, 2.45) is 0 Å². The summed E-state index contributed by atoms with van der Waals surface area (Å²) in [6, 6.07) is 0. The molecule has 3 nitrogen and oxygen atoms in total. The average Bonchev–Trinajstić information content (AvgIpc) is 1.89. The summed E-state index contributed by atoms with van der Waals surface area (Å²) < 4.78 is 4.02. The highest BCUT2D eigenvalue weighted by molar-refractivity contribution is 5.77. The summed E-state index contributed by atoms with van der Waals surface area (Å²) in [4.78, 5) is 20.0. The molecule has 0 aromatic carbocycles. The van der Waals surface area contributed by atoms with Crippen LogP contribution in [-0.2, 0) is 14.3 Å². The standard InChI is InChI=1S/C7H10O3/c1-2-3-4-5-7(9)10-6-8/h3-4,6H,2,5H2,1H3/b4-3-. The molecular formula is C7H10O3. The Hall–Kier alpha value is -1.12. The minimum Gasteiger partial charge on any atom is -0.395 e. The Morgan fingerprint density at radius 2 is 2.20 bits per heavy atom. The minimum atomic E-state index is -0.514. The lowest BCUT2D eigenvalue weighted by Gasteiger charge is -1.88. The normalized spacial score (nSPS) is 9.70. The van der Waals surface area contributed by atoms with Crippen LogP contribution in [0.15, 0.2) is 12.2 Å². The maximum atomic E-state index is 10.4. The van der Waals surface area contributed by atoms with Gasteiger partial charge in [0.25, 0.3) is 0 Å². The molecule has 0 aliphatic heterocycles. The van der Waals surface area contributed by atoms with E-state index in [2.05, 4.69) is 4.74 Å². The van der Waals surface area contributed by atoms with E-state index in [4.69, 9.17) is 0 Å². The van der Waals surface area contributed by atoms with Crippen LogP contribution in [0.5, 0.6) is 0 Å². The van der Waals surface area contributed by atoms with Gasteiger partial charge in [0.1, 0.15) is 0 Å². The largest absolute Gasteiger partial charge is 0.395 e. The monoisotopic (exact) mass is 142 g/mol. The number of allylic oxidation sites excluding steroid dienone is 1. The molecule has 0 fully saturated rings. The average molecular weight is 142 g/mol. The zero-order valence-corrected chi connectivity index (χ0v) is 5.87. The lowest BCUT2D eigenvalue weighted by Crippen LogP contribution is -1.99. The van der Waals surface area contributed by atoms with Crippen molar-refractivity contribution in [3.63, 3.8) is 0 Å². The molecular weight excluding hydrogens is 132 g/mol. The summed E-state index contributed by atoms with van der Waals surface area (Å²) >= 11 is 0. The third kappa shape index (κ3) is 5.03. The van der Waals surface area contributed by atoms with Gasteiger partial charge in [0.15, 0.2) is 0 Å². The fourth-order valence-electron chi connectivity index (χ4n) is 0.448. The van der Waals surface area contributed by atoms with Gasteiger partial charge in [-0.15, -0.1) is 0 Å². The van der Waals surface area contributed by atoms with E-state index in [1.54, 1.807) is 6.08 Å². The first-order chi connectivity index (χ1) is 4.81. The molecule has 0 unspecified atom stereocenters. The van der Waals surface area contributed by atoms with Crippen LogP contribution in [0.25, 0.3) is 0 Å². The molecule has 0 aliphatic carbocycles. The second kappa shape index (κ2) is 6.01. The van der Waals surface area contributed by atoms with Crippen LogP contribution >= 0.6 is 0 Å². The number of ether oxygens (including phenoxy) is 1. The van der Waals surface area contributed by atoms with Crippen LogP contribution in [0.3, 0.4) is 0 Å². The second-order valence-corrected chi connectivity index (χ2v) is 1.67. The van der Waals surface area contributed by atoms with E-state index in [1.165, 1.54) is 0 Å². The summed E-state index contributed by atoms with van der Waals surface area (Å²) in [5.41, 5.74) is 0. The summed E-state index contributed by atoms with van der Waals surface area (Å²) in [6.45, 7) is 2.10. The van der Waals surface area contributed by atoms with Crippen molar-refractivity contribution in [3.05, 3.63) is 12.2 Å². The fourth-order valence-corrected chi connectivity index (χ4v) is 0.448. The number of hydrogen-bond donors (Lipinski definition) is 0. The SMILES string of the molecule is CC/C=C\CC(=O)OC=O. The molecule has 10 heavy (non-hydrogen) atoms. The van der Waals surface area contributed by atoms with Crippen LogP contribution in [-0.4, -0.2) is 12.4 Å². The molecule has 0 radical (unpaired) electrons. The third-order valence-corrected chi connectivity index (χ3v) is 0.866. The maximum Gasteiger partial charge on any atom is 0.317 e. The number of carbonyl (C=O) groups excluding carboxylic acids is 2. The van der Waals surface area contributed by atoms with Crippen molar-refractivity contribution in [1.29, 1.82) is 0 Å². The quantitative estimate of drug-likeness (QED) is 0.255. The van der Waals surface area contributed by atoms with Gasteiger partial charge in [0.2, 0.25) is 0 Å². The number of esters is 1. The lowest BCUT2D eigenvalue weighted by atomic mass is 10.3. The Balaban J connectivity index is 3.38. The van der Waals surface area contributed by atoms with Gasteiger partial charge in [-0.05, 0) is 6.42 Å². The zero-order valence-electron chi connectivity index (χ0n) is 5.87. The van der Waals surface area contributed by atoms with Crippen molar-refractivity contribution in [1.82, 2.24) is 0 Å². The molecule has 0 bridgehead atoms. The van der Waals surface area contributed by atoms with Gasteiger partial charge in [0.05, 0.1) is 6.42 Å². The fraction of sp³-hybridized carbons (Fsp3) is 0.429. The van der Waals surface area contributed by atoms with Crippen LogP contribution in [0.1, 0.15) is 19.8 Å². The molecule has 0 saturated carbocycles. The van der Waals surface area contributed by atoms with Gasteiger partial charge in [-0.25, -0.2) is 0 Å². The van der Waals surface area contributed by atoms with Crippen LogP contribution in [0.4, 0.5) is 0 Å². The lowest BCUT2D eigenvalue weighted by molar-refractivity contribution is -0.150. The highest BCUT2D eigenvalue weighted by Gasteiger charge is 1.95. The smallest absolute Gasteiger partial charge is 0.317 e. The van der Waals surface area contributed by atoms with E-state index < -0.39 is 5.97 Å². The number of hydrogen-bond acceptors (Lipinski definition) is 3. The van der Waals surface area contributed by atoms with E-state index in [0.717, 1.165) is 6.42 Å². The van der Waals surface area contributed by atoms with Crippen LogP contribution < -0.4 is 0 Å². The molecule has 0 aromatic heterocycles. The van der Waals surface area contributed by atoms with Crippen molar-refractivity contribution in [2.45, 2.75) is 19.8 Å². The molecule has 0 atom stereocenters.